The zero-order valence-electron chi connectivity index (χ0n) is 12.4. The van der Waals surface area contributed by atoms with E-state index in [9.17, 15) is 10.2 Å². The minimum atomic E-state index is -1.23. The third-order valence-corrected chi connectivity index (χ3v) is 4.30. The lowest BCUT2D eigenvalue weighted by Gasteiger charge is -2.42. The summed E-state index contributed by atoms with van der Waals surface area (Å²) in [5.74, 6) is 0. The summed E-state index contributed by atoms with van der Waals surface area (Å²) in [7, 11) is 0. The molecule has 3 nitrogen and oxygen atoms in total. The van der Waals surface area contributed by atoms with E-state index in [1.165, 1.54) is 0 Å². The minimum Gasteiger partial charge on any atom is -0.391 e. The molecule has 2 unspecified atom stereocenters. The quantitative estimate of drug-likeness (QED) is 0.814. The monoisotopic (exact) mass is 319 g/mol. The summed E-state index contributed by atoms with van der Waals surface area (Å²) in [5.41, 5.74) is 0.367. The van der Waals surface area contributed by atoms with Gasteiger partial charge in [0, 0.05) is 0 Å². The molecule has 0 saturated carbocycles. The van der Waals surface area contributed by atoms with Crippen molar-refractivity contribution in [2.45, 2.75) is 30.6 Å². The Morgan fingerprint density at radius 2 is 1.41 bits per heavy atom. The fourth-order valence-corrected chi connectivity index (χ4v) is 3.21. The maximum atomic E-state index is 11.5. The summed E-state index contributed by atoms with van der Waals surface area (Å²) in [6, 6.07) is 18.8. The third-order valence-electron chi connectivity index (χ3n) is 4.30. The van der Waals surface area contributed by atoms with Crippen LogP contribution in [0.3, 0.4) is 0 Å². The number of piperidine rings is 1. The van der Waals surface area contributed by atoms with Crippen LogP contribution in [0.25, 0.3) is 0 Å². The van der Waals surface area contributed by atoms with Gasteiger partial charge in [0.15, 0.2) is 0 Å². The number of halogens is 1. The summed E-state index contributed by atoms with van der Waals surface area (Å²) >= 11 is 0. The van der Waals surface area contributed by atoms with Crippen LogP contribution >= 0.6 is 12.4 Å². The van der Waals surface area contributed by atoms with Crippen molar-refractivity contribution >= 4 is 12.4 Å². The Kier molecular flexibility index (Phi) is 5.59. The number of hydrogen-bond acceptors (Lipinski definition) is 3. The molecule has 1 aliphatic heterocycles. The van der Waals surface area contributed by atoms with Crippen LogP contribution in [-0.2, 0) is 5.60 Å². The average molecular weight is 320 g/mol. The first-order valence-electron chi connectivity index (χ1n) is 7.48. The molecule has 1 saturated heterocycles. The van der Waals surface area contributed by atoms with E-state index in [4.69, 9.17) is 0 Å². The predicted molar refractivity (Wildman–Crippen MR) is 90.2 cm³/mol. The maximum absolute atomic E-state index is 11.5. The van der Waals surface area contributed by atoms with Crippen molar-refractivity contribution in [3.63, 3.8) is 0 Å². The zero-order valence-corrected chi connectivity index (χ0v) is 13.2. The smallest absolute Gasteiger partial charge is 0.132 e. The fourth-order valence-electron chi connectivity index (χ4n) is 3.21. The van der Waals surface area contributed by atoms with Crippen LogP contribution < -0.4 is 5.32 Å². The normalized spacial score (nSPS) is 21.9. The van der Waals surface area contributed by atoms with Crippen LogP contribution in [0.4, 0.5) is 0 Å². The lowest BCUT2D eigenvalue weighted by molar-refractivity contribution is -0.0355. The number of nitrogens with one attached hydrogen (secondary N) is 1. The molecule has 3 rings (SSSR count). The van der Waals surface area contributed by atoms with Gasteiger partial charge in [0.2, 0.25) is 0 Å². The van der Waals surface area contributed by atoms with Crippen molar-refractivity contribution in [2.75, 3.05) is 6.54 Å². The molecule has 118 valence electrons. The molecule has 0 spiro atoms. The standard InChI is InChI=1S/C18H21NO2.ClH/c20-16-12-7-13-19-17(16)18(21,14-8-3-1-4-9-14)15-10-5-2-6-11-15;/h1-6,8-11,16-17,19-21H,7,12-13H2;1H. The van der Waals surface area contributed by atoms with Crippen molar-refractivity contribution < 1.29 is 10.2 Å². The van der Waals surface area contributed by atoms with Crippen molar-refractivity contribution in [1.29, 1.82) is 0 Å². The molecule has 1 aliphatic rings. The number of benzene rings is 2. The topological polar surface area (TPSA) is 52.5 Å². The molecule has 2 atom stereocenters. The molecule has 0 amide bonds. The molecule has 2 aromatic carbocycles. The number of rotatable bonds is 3. The Labute approximate surface area is 137 Å². The van der Waals surface area contributed by atoms with Crippen molar-refractivity contribution in [3.05, 3.63) is 71.8 Å². The van der Waals surface area contributed by atoms with Crippen molar-refractivity contribution in [3.8, 4) is 0 Å². The van der Waals surface area contributed by atoms with E-state index in [1.54, 1.807) is 0 Å². The van der Waals surface area contributed by atoms with Crippen LogP contribution in [0.1, 0.15) is 24.0 Å². The number of aliphatic hydroxyl groups is 2. The van der Waals surface area contributed by atoms with Crippen LogP contribution in [0.15, 0.2) is 60.7 Å². The van der Waals surface area contributed by atoms with Crippen molar-refractivity contribution in [2.24, 2.45) is 0 Å². The van der Waals surface area contributed by atoms with Gasteiger partial charge in [0.1, 0.15) is 5.60 Å². The Balaban J connectivity index is 0.00000176. The number of aliphatic hydroxyl groups excluding tert-OH is 1. The van der Waals surface area contributed by atoms with Gasteiger partial charge in [-0.3, -0.25) is 0 Å². The van der Waals surface area contributed by atoms with Gasteiger partial charge in [-0.25, -0.2) is 0 Å². The molecule has 0 aliphatic carbocycles. The molecule has 22 heavy (non-hydrogen) atoms. The van der Waals surface area contributed by atoms with Gasteiger partial charge in [-0.15, -0.1) is 12.4 Å². The summed E-state index contributed by atoms with van der Waals surface area (Å²) in [5, 5.41) is 25.2. The van der Waals surface area contributed by atoms with E-state index in [2.05, 4.69) is 5.32 Å². The lowest BCUT2D eigenvalue weighted by atomic mass is 9.76. The van der Waals surface area contributed by atoms with Gasteiger partial charge in [-0.1, -0.05) is 60.7 Å². The fraction of sp³-hybridized carbons (Fsp3) is 0.333. The Hall–Kier alpha value is -1.39. The first kappa shape index (κ1) is 17.0. The van der Waals surface area contributed by atoms with Gasteiger partial charge in [-0.2, -0.15) is 0 Å². The van der Waals surface area contributed by atoms with Gasteiger partial charge >= 0.3 is 0 Å². The van der Waals surface area contributed by atoms with E-state index < -0.39 is 17.7 Å². The average Bonchev–Trinajstić information content (AvgIpc) is 2.56. The first-order valence-corrected chi connectivity index (χ1v) is 7.48. The van der Waals surface area contributed by atoms with E-state index >= 15 is 0 Å². The minimum absolute atomic E-state index is 0. The summed E-state index contributed by atoms with van der Waals surface area (Å²) in [6.07, 6.45) is 1.07. The summed E-state index contributed by atoms with van der Waals surface area (Å²) < 4.78 is 0. The molecule has 1 heterocycles. The lowest BCUT2D eigenvalue weighted by Crippen LogP contribution is -2.58. The van der Waals surface area contributed by atoms with Crippen LogP contribution in [0.2, 0.25) is 0 Å². The highest BCUT2D eigenvalue weighted by molar-refractivity contribution is 5.85. The van der Waals surface area contributed by atoms with E-state index in [0.717, 1.165) is 24.1 Å². The molecule has 0 aromatic heterocycles. The van der Waals surface area contributed by atoms with Gasteiger partial charge < -0.3 is 15.5 Å². The van der Waals surface area contributed by atoms with E-state index in [1.807, 2.05) is 60.7 Å². The van der Waals surface area contributed by atoms with E-state index in [-0.39, 0.29) is 12.4 Å². The maximum Gasteiger partial charge on any atom is 0.132 e. The van der Waals surface area contributed by atoms with Crippen LogP contribution in [0.5, 0.6) is 0 Å². The second-order valence-electron chi connectivity index (χ2n) is 5.64. The Bertz CT molecular complexity index is 537. The molecular formula is C18H22ClNO2. The second kappa shape index (κ2) is 7.25. The van der Waals surface area contributed by atoms with Gasteiger partial charge in [-0.05, 0) is 30.5 Å². The second-order valence-corrected chi connectivity index (χ2v) is 5.64. The molecule has 4 heteroatoms. The molecule has 3 N–H and O–H groups in total. The highest BCUT2D eigenvalue weighted by Gasteiger charge is 2.44. The molecular weight excluding hydrogens is 298 g/mol. The third kappa shape index (κ3) is 3.03. The molecule has 0 radical (unpaired) electrons. The van der Waals surface area contributed by atoms with E-state index in [0.29, 0.717) is 6.42 Å². The highest BCUT2D eigenvalue weighted by Crippen LogP contribution is 2.36. The molecule has 2 aromatic rings. The molecule has 0 bridgehead atoms. The SMILES string of the molecule is Cl.OC1CCCNC1C(O)(c1ccccc1)c1ccccc1. The first-order chi connectivity index (χ1) is 10.2. The van der Waals surface area contributed by atoms with Gasteiger partial charge in [0.25, 0.3) is 0 Å². The Morgan fingerprint density at radius 1 is 0.909 bits per heavy atom. The summed E-state index contributed by atoms with van der Waals surface area (Å²) in [6.45, 7) is 0.809. The number of hydrogen-bond donors (Lipinski definition) is 3. The highest BCUT2D eigenvalue weighted by atomic mass is 35.5. The Morgan fingerprint density at radius 3 is 1.86 bits per heavy atom. The van der Waals surface area contributed by atoms with Crippen molar-refractivity contribution in [1.82, 2.24) is 5.32 Å². The zero-order chi connectivity index (χ0) is 14.7. The predicted octanol–water partition coefficient (Wildman–Crippen LogP) is 2.46. The largest absolute Gasteiger partial charge is 0.391 e. The van der Waals surface area contributed by atoms with Crippen LogP contribution in [0, 0.1) is 0 Å². The van der Waals surface area contributed by atoms with Crippen LogP contribution in [-0.4, -0.2) is 28.9 Å². The summed E-state index contributed by atoms with van der Waals surface area (Å²) in [4.78, 5) is 0. The van der Waals surface area contributed by atoms with Gasteiger partial charge in [0.05, 0.1) is 12.1 Å². The molecule has 1 fully saturated rings.